The minimum Gasteiger partial charge on any atom is 0 e. The van der Waals surface area contributed by atoms with Crippen LogP contribution in [0.3, 0.4) is 0 Å². The van der Waals surface area contributed by atoms with Crippen LogP contribution in [0.1, 0.15) is 54.2 Å². The van der Waals surface area contributed by atoms with Gasteiger partial charge in [0.2, 0.25) is 5.71 Å². The third kappa shape index (κ3) is 8.34. The Balaban J connectivity index is 0.000000185. The Kier molecular flexibility index (Phi) is 10.9. The van der Waals surface area contributed by atoms with Crippen molar-refractivity contribution in [1.82, 2.24) is 19.5 Å². The molecule has 5 aromatic carbocycles. The summed E-state index contributed by atoms with van der Waals surface area (Å²) < 4.78 is 27.0. The Morgan fingerprint density at radius 2 is 1.55 bits per heavy atom. The molecule has 9 aromatic rings. The molecule has 58 heavy (non-hydrogen) atoms. The van der Waals surface area contributed by atoms with Crippen LogP contribution >= 0.6 is 0 Å². The molecule has 0 bridgehead atoms. The molecule has 0 unspecified atom stereocenters. The standard InChI is InChI=1S/C29H18N3O.C22H32GeN.Ir/c1-18-13-16-23-22-9-6-10-24(27(22)33-29(23)30-18)28-31-25-11-4-5-12-26(25)32(28)21-15-14-19-7-2-3-8-20(19)17-21;1-16(2)12-18-14-21(24-15-20(18)23(6,7)8)17-10-9-11-19(13-17)22(3,4)5;/h2-9,11-17H,1H3;9,11,13-16H,12H2,1-8H3;/q2*-1;/i;12D2;. The van der Waals surface area contributed by atoms with Gasteiger partial charge in [-0.3, -0.25) is 4.98 Å². The SMILES string of the molecule is Cc1ccc2c(n1)oc1c(-c3nc4ccccc4n3-c3ccc4ccccc4c3)[c-]ccc12.[2H]C([2H])(c1cc(-c2[c-]ccc(C(C)(C)C)c2)nc[c]1[Ge]([CH3])([CH3])[CH3])C(C)C.[Ir]. The van der Waals surface area contributed by atoms with E-state index in [0.29, 0.717) is 5.71 Å². The van der Waals surface area contributed by atoms with E-state index in [9.17, 15) is 0 Å². The predicted octanol–water partition coefficient (Wildman–Crippen LogP) is 12.8. The number of para-hydroxylation sites is 2. The number of rotatable bonds is 6. The Morgan fingerprint density at radius 3 is 2.31 bits per heavy atom. The molecule has 4 heterocycles. The molecule has 0 amide bonds. The molecule has 0 atom stereocenters. The summed E-state index contributed by atoms with van der Waals surface area (Å²) >= 11 is -2.25. The van der Waals surface area contributed by atoms with Crippen molar-refractivity contribution in [2.45, 2.75) is 70.6 Å². The normalized spacial score (nSPS) is 12.7. The van der Waals surface area contributed by atoms with Crippen molar-refractivity contribution in [3.05, 3.63) is 150 Å². The zero-order valence-electron chi connectivity index (χ0n) is 36.7. The van der Waals surface area contributed by atoms with Gasteiger partial charge >= 0.3 is 154 Å². The summed E-state index contributed by atoms with van der Waals surface area (Å²) in [5.74, 6) is 7.59. The average Bonchev–Trinajstić information content (AvgIpc) is 3.78. The molecule has 0 aliphatic heterocycles. The molecule has 295 valence electrons. The molecule has 4 aromatic heterocycles. The van der Waals surface area contributed by atoms with Gasteiger partial charge in [0.1, 0.15) is 0 Å². The van der Waals surface area contributed by atoms with E-state index in [1.165, 1.54) is 16.3 Å². The first-order chi connectivity index (χ1) is 28.0. The maximum atomic E-state index is 8.70. The first-order valence-corrected chi connectivity index (χ1v) is 27.1. The Morgan fingerprint density at radius 1 is 0.810 bits per heavy atom. The summed E-state index contributed by atoms with van der Waals surface area (Å²) in [7, 11) is 0. The molecule has 0 saturated carbocycles. The number of aromatic nitrogens is 4. The summed E-state index contributed by atoms with van der Waals surface area (Å²) in [6.07, 6.45) is 0.565. The topological polar surface area (TPSA) is 56.7 Å². The third-order valence-electron chi connectivity index (χ3n) is 10.3. The van der Waals surface area contributed by atoms with Gasteiger partial charge in [-0.05, 0) is 54.1 Å². The van der Waals surface area contributed by atoms with Crippen LogP contribution in [0.2, 0.25) is 17.3 Å². The Bertz CT molecular complexity index is 3010. The molecule has 0 aliphatic carbocycles. The van der Waals surface area contributed by atoms with Crippen molar-refractivity contribution in [3.63, 3.8) is 0 Å². The van der Waals surface area contributed by atoms with E-state index in [0.717, 1.165) is 71.4 Å². The quantitative estimate of drug-likeness (QED) is 0.123. The summed E-state index contributed by atoms with van der Waals surface area (Å²) in [4.78, 5) is 14.3. The van der Waals surface area contributed by atoms with Gasteiger partial charge < -0.3 is 8.98 Å². The van der Waals surface area contributed by atoms with Gasteiger partial charge in [0.05, 0.1) is 22.4 Å². The molecular formula is C51H50GeIrN4O-2. The van der Waals surface area contributed by atoms with Crippen LogP contribution < -0.4 is 4.40 Å². The van der Waals surface area contributed by atoms with E-state index in [1.807, 2.05) is 75.5 Å². The van der Waals surface area contributed by atoms with Gasteiger partial charge in [0, 0.05) is 36.9 Å². The minimum atomic E-state index is -2.25. The summed E-state index contributed by atoms with van der Waals surface area (Å²) in [5.41, 5.74) is 10.0. The van der Waals surface area contributed by atoms with Crippen molar-refractivity contribution in [2.24, 2.45) is 5.92 Å². The van der Waals surface area contributed by atoms with Crippen molar-refractivity contribution < 1.29 is 27.3 Å². The van der Waals surface area contributed by atoms with Crippen molar-refractivity contribution >= 4 is 61.5 Å². The second-order valence-electron chi connectivity index (χ2n) is 17.2. The molecule has 0 fully saturated rings. The zero-order valence-corrected chi connectivity index (χ0v) is 39.1. The van der Waals surface area contributed by atoms with Crippen LogP contribution in [0.25, 0.3) is 72.2 Å². The number of hydrogen-bond donors (Lipinski definition) is 0. The number of aryl methyl sites for hydroxylation is 1. The van der Waals surface area contributed by atoms with Gasteiger partial charge in [-0.2, -0.15) is 0 Å². The smallest absolute Gasteiger partial charge is 0 e. The van der Waals surface area contributed by atoms with Crippen LogP contribution in [0.4, 0.5) is 0 Å². The van der Waals surface area contributed by atoms with E-state index in [-0.39, 0.29) is 31.4 Å². The van der Waals surface area contributed by atoms with Crippen molar-refractivity contribution in [3.8, 4) is 28.3 Å². The largest absolute Gasteiger partial charge is 0 e. The molecule has 7 heteroatoms. The molecule has 5 nitrogen and oxygen atoms in total. The number of nitrogens with zero attached hydrogens (tertiary/aromatic N) is 4. The number of hydrogen-bond acceptors (Lipinski definition) is 4. The maximum absolute atomic E-state index is 8.70. The van der Waals surface area contributed by atoms with Crippen molar-refractivity contribution in [1.29, 1.82) is 0 Å². The van der Waals surface area contributed by atoms with Gasteiger partial charge in [-0.25, -0.2) is 4.98 Å². The number of benzene rings is 5. The van der Waals surface area contributed by atoms with E-state index in [4.69, 9.17) is 17.1 Å². The van der Waals surface area contributed by atoms with Crippen LogP contribution in [0.15, 0.2) is 126 Å². The molecular weight excluding hydrogens is 949 g/mol. The zero-order chi connectivity index (χ0) is 41.9. The molecule has 0 spiro atoms. The van der Waals surface area contributed by atoms with Gasteiger partial charge in [0.25, 0.3) is 0 Å². The Hall–Kier alpha value is -4.88. The number of imidazole rings is 1. The van der Waals surface area contributed by atoms with Gasteiger partial charge in [-0.15, -0.1) is 18.2 Å². The number of fused-ring (bicyclic) bond motifs is 5. The van der Waals surface area contributed by atoms with Gasteiger partial charge in [0.15, 0.2) is 0 Å². The average molecular weight is 1000 g/mol. The molecule has 0 N–H and O–H groups in total. The fraction of sp³-hybridized carbons (Fsp3) is 0.235. The molecule has 9 rings (SSSR count). The maximum Gasteiger partial charge on any atom is 0 e. The first kappa shape index (κ1) is 38.6. The summed E-state index contributed by atoms with van der Waals surface area (Å²) in [6.45, 7) is 12.5. The molecule has 0 aliphatic rings. The first-order valence-electron chi connectivity index (χ1n) is 20.7. The predicted molar refractivity (Wildman–Crippen MR) is 241 cm³/mol. The van der Waals surface area contributed by atoms with E-state index >= 15 is 0 Å². The third-order valence-corrected chi connectivity index (χ3v) is 14.5. The van der Waals surface area contributed by atoms with Gasteiger partial charge in [-0.1, -0.05) is 53.4 Å². The Labute approximate surface area is 361 Å². The fourth-order valence-electron chi connectivity index (χ4n) is 7.36. The van der Waals surface area contributed by atoms with E-state index in [1.54, 1.807) is 0 Å². The number of furan rings is 1. The number of pyridine rings is 2. The van der Waals surface area contributed by atoms with Crippen molar-refractivity contribution in [2.75, 3.05) is 0 Å². The van der Waals surface area contributed by atoms with E-state index in [2.05, 4.69) is 126 Å². The van der Waals surface area contributed by atoms with Crippen LogP contribution in [-0.4, -0.2) is 32.8 Å². The summed E-state index contributed by atoms with van der Waals surface area (Å²) in [6, 6.07) is 46.0. The monoisotopic (exact) mass is 1000 g/mol. The van der Waals surface area contributed by atoms with E-state index < -0.39 is 19.6 Å². The fourth-order valence-corrected chi connectivity index (χ4v) is 10.3. The second-order valence-corrected chi connectivity index (χ2v) is 27.8. The summed E-state index contributed by atoms with van der Waals surface area (Å²) in [5, 5.41) is 4.41. The van der Waals surface area contributed by atoms with Crippen LogP contribution in [0, 0.1) is 25.0 Å². The minimum absolute atomic E-state index is 0. The van der Waals surface area contributed by atoms with Crippen LogP contribution in [-0.2, 0) is 31.9 Å². The second kappa shape index (κ2) is 16.4. The molecule has 0 saturated heterocycles. The van der Waals surface area contributed by atoms with Crippen LogP contribution in [0.5, 0.6) is 0 Å². The molecule has 1 radical (unpaired) electrons.